The molecule has 5 nitrogen and oxygen atoms in total. The molecule has 3 aromatic carbocycles. The van der Waals surface area contributed by atoms with Gasteiger partial charge in [-0.3, -0.25) is 4.79 Å². The lowest BCUT2D eigenvalue weighted by molar-refractivity contribution is -0.111. The van der Waals surface area contributed by atoms with Crippen molar-refractivity contribution in [1.82, 2.24) is 0 Å². The Morgan fingerprint density at radius 3 is 2.29 bits per heavy atom. The van der Waals surface area contributed by atoms with Crippen LogP contribution in [-0.2, 0) is 16.1 Å². The van der Waals surface area contributed by atoms with Gasteiger partial charge in [0.2, 0.25) is 5.91 Å². The van der Waals surface area contributed by atoms with Crippen LogP contribution >= 0.6 is 0 Å². The maximum atomic E-state index is 12.2. The standard InChI is InChI=1S/C26H25NO4/c1-2-18-30-26(29)22-11-13-23(14-12-22)27-25(28)17-10-20-8-15-24(16-9-20)31-19-21-6-4-3-5-7-21/h3-17H,2,18-19H2,1H3,(H,27,28)/b17-10+. The minimum absolute atomic E-state index is 0.259. The number of hydrogen-bond donors (Lipinski definition) is 1. The number of amides is 1. The van der Waals surface area contributed by atoms with Gasteiger partial charge >= 0.3 is 5.97 Å². The van der Waals surface area contributed by atoms with E-state index >= 15 is 0 Å². The molecule has 0 radical (unpaired) electrons. The van der Waals surface area contributed by atoms with E-state index in [0.29, 0.717) is 24.5 Å². The summed E-state index contributed by atoms with van der Waals surface area (Å²) in [5.74, 6) is 0.143. The largest absolute Gasteiger partial charge is 0.489 e. The van der Waals surface area contributed by atoms with Gasteiger partial charge in [-0.25, -0.2) is 4.79 Å². The third-order valence-electron chi connectivity index (χ3n) is 4.38. The van der Waals surface area contributed by atoms with E-state index in [9.17, 15) is 9.59 Å². The van der Waals surface area contributed by atoms with Crippen molar-refractivity contribution >= 4 is 23.6 Å². The minimum Gasteiger partial charge on any atom is -0.489 e. The van der Waals surface area contributed by atoms with Gasteiger partial charge in [-0.05, 0) is 60.0 Å². The van der Waals surface area contributed by atoms with Gasteiger partial charge in [0.25, 0.3) is 0 Å². The normalized spacial score (nSPS) is 10.6. The Kier molecular flexibility index (Phi) is 8.00. The lowest BCUT2D eigenvalue weighted by Gasteiger charge is -2.06. The van der Waals surface area contributed by atoms with E-state index in [4.69, 9.17) is 9.47 Å². The van der Waals surface area contributed by atoms with Crippen molar-refractivity contribution in [3.05, 3.63) is 102 Å². The molecular weight excluding hydrogens is 390 g/mol. The van der Waals surface area contributed by atoms with E-state index in [-0.39, 0.29) is 11.9 Å². The number of rotatable bonds is 9. The number of carbonyl (C=O) groups is 2. The molecular formula is C26H25NO4. The monoisotopic (exact) mass is 415 g/mol. The molecule has 0 aromatic heterocycles. The Morgan fingerprint density at radius 1 is 0.903 bits per heavy atom. The molecule has 3 aromatic rings. The highest BCUT2D eigenvalue weighted by atomic mass is 16.5. The van der Waals surface area contributed by atoms with E-state index < -0.39 is 0 Å². The highest BCUT2D eigenvalue weighted by Gasteiger charge is 2.06. The smallest absolute Gasteiger partial charge is 0.338 e. The van der Waals surface area contributed by atoms with Gasteiger partial charge in [-0.15, -0.1) is 0 Å². The summed E-state index contributed by atoms with van der Waals surface area (Å²) in [6.45, 7) is 2.84. The van der Waals surface area contributed by atoms with E-state index in [0.717, 1.165) is 23.3 Å². The third kappa shape index (κ3) is 7.16. The molecule has 5 heteroatoms. The molecule has 0 saturated carbocycles. The molecule has 0 bridgehead atoms. The number of ether oxygens (including phenoxy) is 2. The topological polar surface area (TPSA) is 64.6 Å². The van der Waals surface area contributed by atoms with Crippen LogP contribution in [0.15, 0.2) is 84.9 Å². The van der Waals surface area contributed by atoms with Gasteiger partial charge < -0.3 is 14.8 Å². The van der Waals surface area contributed by atoms with Crippen LogP contribution in [0.2, 0.25) is 0 Å². The predicted molar refractivity (Wildman–Crippen MR) is 122 cm³/mol. The molecule has 0 spiro atoms. The summed E-state index contributed by atoms with van der Waals surface area (Å²) >= 11 is 0. The second-order valence-corrected chi connectivity index (χ2v) is 6.88. The number of benzene rings is 3. The molecule has 0 aliphatic carbocycles. The quantitative estimate of drug-likeness (QED) is 0.371. The molecule has 158 valence electrons. The van der Waals surface area contributed by atoms with E-state index in [1.165, 1.54) is 6.08 Å². The summed E-state index contributed by atoms with van der Waals surface area (Å²) < 4.78 is 10.8. The Hall–Kier alpha value is -3.86. The lowest BCUT2D eigenvalue weighted by Crippen LogP contribution is -2.09. The van der Waals surface area contributed by atoms with Gasteiger partial charge in [0, 0.05) is 11.8 Å². The van der Waals surface area contributed by atoms with E-state index in [2.05, 4.69) is 5.32 Å². The SMILES string of the molecule is CCCOC(=O)c1ccc(NC(=O)/C=C/c2ccc(OCc3ccccc3)cc2)cc1. The zero-order chi connectivity index (χ0) is 21.9. The second-order valence-electron chi connectivity index (χ2n) is 6.88. The molecule has 0 aliphatic rings. The Balaban J connectivity index is 1.48. The van der Waals surface area contributed by atoms with Gasteiger partial charge in [0.05, 0.1) is 12.2 Å². The summed E-state index contributed by atoms with van der Waals surface area (Å²) in [5, 5.41) is 2.77. The Labute approximate surface area is 182 Å². The average molecular weight is 415 g/mol. The molecule has 0 saturated heterocycles. The summed E-state index contributed by atoms with van der Waals surface area (Å²) in [6.07, 6.45) is 3.96. The van der Waals surface area contributed by atoms with Crippen molar-refractivity contribution in [3.8, 4) is 5.75 Å². The van der Waals surface area contributed by atoms with Gasteiger partial charge in [-0.2, -0.15) is 0 Å². The van der Waals surface area contributed by atoms with Crippen molar-refractivity contribution in [2.24, 2.45) is 0 Å². The lowest BCUT2D eigenvalue weighted by atomic mass is 10.2. The number of carbonyl (C=O) groups excluding carboxylic acids is 2. The van der Waals surface area contributed by atoms with Crippen LogP contribution in [0.5, 0.6) is 5.75 Å². The van der Waals surface area contributed by atoms with E-state index in [1.54, 1.807) is 30.3 Å². The Morgan fingerprint density at radius 2 is 1.61 bits per heavy atom. The second kappa shape index (κ2) is 11.4. The zero-order valence-electron chi connectivity index (χ0n) is 17.4. The van der Waals surface area contributed by atoms with Crippen LogP contribution in [0.1, 0.15) is 34.8 Å². The summed E-state index contributed by atoms with van der Waals surface area (Å²) in [5.41, 5.74) is 3.05. The molecule has 0 unspecified atom stereocenters. The third-order valence-corrected chi connectivity index (χ3v) is 4.38. The first-order chi connectivity index (χ1) is 15.1. The zero-order valence-corrected chi connectivity index (χ0v) is 17.4. The van der Waals surface area contributed by atoms with Gasteiger partial charge in [-0.1, -0.05) is 49.4 Å². The molecule has 1 N–H and O–H groups in total. The van der Waals surface area contributed by atoms with E-state index in [1.807, 2.05) is 61.5 Å². The predicted octanol–water partition coefficient (Wildman–Crippen LogP) is 5.48. The fourth-order valence-electron chi connectivity index (χ4n) is 2.74. The molecule has 0 aliphatic heterocycles. The van der Waals surface area contributed by atoms with Crippen LogP contribution in [0.4, 0.5) is 5.69 Å². The fraction of sp³-hybridized carbons (Fsp3) is 0.154. The number of anilines is 1. The number of nitrogens with one attached hydrogen (secondary N) is 1. The highest BCUT2D eigenvalue weighted by Crippen LogP contribution is 2.16. The number of esters is 1. The first-order valence-corrected chi connectivity index (χ1v) is 10.2. The average Bonchev–Trinajstić information content (AvgIpc) is 2.81. The number of hydrogen-bond acceptors (Lipinski definition) is 4. The fourth-order valence-corrected chi connectivity index (χ4v) is 2.74. The molecule has 31 heavy (non-hydrogen) atoms. The highest BCUT2D eigenvalue weighted by molar-refractivity contribution is 6.02. The van der Waals surface area contributed by atoms with Crippen LogP contribution in [0.3, 0.4) is 0 Å². The maximum Gasteiger partial charge on any atom is 0.338 e. The van der Waals surface area contributed by atoms with Crippen molar-refractivity contribution in [2.75, 3.05) is 11.9 Å². The van der Waals surface area contributed by atoms with Crippen molar-refractivity contribution < 1.29 is 19.1 Å². The molecule has 3 rings (SSSR count). The Bertz CT molecular complexity index is 1010. The van der Waals surface area contributed by atoms with Crippen molar-refractivity contribution in [1.29, 1.82) is 0 Å². The molecule has 0 heterocycles. The summed E-state index contributed by atoms with van der Waals surface area (Å²) in [7, 11) is 0. The molecule has 0 fully saturated rings. The van der Waals surface area contributed by atoms with Crippen LogP contribution in [0.25, 0.3) is 6.08 Å². The van der Waals surface area contributed by atoms with Crippen LogP contribution < -0.4 is 10.1 Å². The maximum absolute atomic E-state index is 12.2. The molecule has 1 amide bonds. The van der Waals surface area contributed by atoms with Crippen LogP contribution in [-0.4, -0.2) is 18.5 Å². The van der Waals surface area contributed by atoms with Gasteiger partial charge in [0.1, 0.15) is 12.4 Å². The first kappa shape index (κ1) is 21.8. The summed E-state index contributed by atoms with van der Waals surface area (Å²) in [6, 6.07) is 24.1. The minimum atomic E-state index is -0.365. The van der Waals surface area contributed by atoms with Crippen molar-refractivity contribution in [2.45, 2.75) is 20.0 Å². The summed E-state index contributed by atoms with van der Waals surface area (Å²) in [4.78, 5) is 24.0. The first-order valence-electron chi connectivity index (χ1n) is 10.2. The van der Waals surface area contributed by atoms with Crippen LogP contribution in [0, 0.1) is 0 Å². The van der Waals surface area contributed by atoms with Crippen molar-refractivity contribution in [3.63, 3.8) is 0 Å². The van der Waals surface area contributed by atoms with Gasteiger partial charge in [0.15, 0.2) is 0 Å². The molecule has 0 atom stereocenters.